The van der Waals surface area contributed by atoms with Crippen LogP contribution in [0, 0.1) is 0 Å². The van der Waals surface area contributed by atoms with E-state index in [4.69, 9.17) is 5.73 Å². The van der Waals surface area contributed by atoms with Crippen molar-refractivity contribution in [3.05, 3.63) is 29.8 Å². The van der Waals surface area contributed by atoms with Gasteiger partial charge in [-0.1, -0.05) is 6.07 Å². The van der Waals surface area contributed by atoms with Crippen LogP contribution in [0.2, 0.25) is 0 Å². The Bertz CT molecular complexity index is 388. The molecule has 0 aliphatic heterocycles. The van der Waals surface area contributed by atoms with Crippen LogP contribution in [0.3, 0.4) is 0 Å². The van der Waals surface area contributed by atoms with Crippen LogP contribution in [0.4, 0.5) is 5.69 Å². The van der Waals surface area contributed by atoms with E-state index in [0.717, 1.165) is 18.5 Å². The summed E-state index contributed by atoms with van der Waals surface area (Å²) in [6.45, 7) is 2.65. The summed E-state index contributed by atoms with van der Waals surface area (Å²) in [6, 6.07) is 7.78. The van der Waals surface area contributed by atoms with E-state index >= 15 is 0 Å². The highest BCUT2D eigenvalue weighted by Crippen LogP contribution is 2.13. The lowest BCUT2D eigenvalue weighted by Crippen LogP contribution is -2.26. The van der Waals surface area contributed by atoms with Gasteiger partial charge in [0, 0.05) is 37.9 Å². The smallest absolute Gasteiger partial charge is 0.251 e. The molecule has 3 N–H and O–H groups in total. The van der Waals surface area contributed by atoms with E-state index in [-0.39, 0.29) is 11.9 Å². The lowest BCUT2D eigenvalue weighted by molar-refractivity contribution is 0.0953. The first-order chi connectivity index (χ1) is 8.50. The minimum Gasteiger partial charge on any atom is -0.378 e. The molecule has 0 spiro atoms. The Morgan fingerprint density at radius 3 is 2.78 bits per heavy atom. The number of benzene rings is 1. The van der Waals surface area contributed by atoms with Crippen LogP contribution in [0.25, 0.3) is 0 Å². The van der Waals surface area contributed by atoms with Crippen LogP contribution < -0.4 is 16.0 Å². The molecule has 0 aromatic heterocycles. The maximum absolute atomic E-state index is 11.9. The molecule has 0 bridgehead atoms. The van der Waals surface area contributed by atoms with Gasteiger partial charge in [-0.25, -0.2) is 0 Å². The summed E-state index contributed by atoms with van der Waals surface area (Å²) in [7, 11) is 3.92. The topological polar surface area (TPSA) is 58.4 Å². The van der Waals surface area contributed by atoms with Crippen LogP contribution in [0.5, 0.6) is 0 Å². The van der Waals surface area contributed by atoms with Gasteiger partial charge in [-0.2, -0.15) is 0 Å². The van der Waals surface area contributed by atoms with E-state index in [1.54, 1.807) is 0 Å². The molecule has 1 unspecified atom stereocenters. The normalized spacial score (nSPS) is 12.0. The number of nitrogens with zero attached hydrogens (tertiary/aromatic N) is 1. The molecule has 0 saturated carbocycles. The van der Waals surface area contributed by atoms with Crippen LogP contribution in [0.1, 0.15) is 30.1 Å². The number of hydrogen-bond acceptors (Lipinski definition) is 3. The van der Waals surface area contributed by atoms with E-state index < -0.39 is 0 Å². The highest BCUT2D eigenvalue weighted by Gasteiger charge is 2.06. The zero-order chi connectivity index (χ0) is 13.5. The molecular formula is C14H23N3O. The molecular weight excluding hydrogens is 226 g/mol. The van der Waals surface area contributed by atoms with Gasteiger partial charge in [-0.05, 0) is 38.0 Å². The van der Waals surface area contributed by atoms with Gasteiger partial charge in [-0.15, -0.1) is 0 Å². The summed E-state index contributed by atoms with van der Waals surface area (Å²) in [4.78, 5) is 13.9. The predicted molar refractivity (Wildman–Crippen MR) is 76.0 cm³/mol. The number of carbonyl (C=O) groups excluding carboxylic acids is 1. The second kappa shape index (κ2) is 7.01. The minimum absolute atomic E-state index is 0.0247. The minimum atomic E-state index is -0.0247. The van der Waals surface area contributed by atoms with Crippen LogP contribution in [-0.4, -0.2) is 32.6 Å². The molecule has 1 rings (SSSR count). The van der Waals surface area contributed by atoms with Crippen molar-refractivity contribution in [3.63, 3.8) is 0 Å². The van der Waals surface area contributed by atoms with Crippen LogP contribution in [-0.2, 0) is 0 Å². The molecule has 18 heavy (non-hydrogen) atoms. The number of anilines is 1. The molecule has 0 heterocycles. The van der Waals surface area contributed by atoms with Gasteiger partial charge in [0.2, 0.25) is 0 Å². The largest absolute Gasteiger partial charge is 0.378 e. The Labute approximate surface area is 109 Å². The van der Waals surface area contributed by atoms with Crippen molar-refractivity contribution in [3.8, 4) is 0 Å². The Balaban J connectivity index is 2.48. The maximum Gasteiger partial charge on any atom is 0.251 e. The lowest BCUT2D eigenvalue weighted by Gasteiger charge is -2.13. The zero-order valence-electron chi connectivity index (χ0n) is 11.4. The van der Waals surface area contributed by atoms with Crippen LogP contribution >= 0.6 is 0 Å². The molecule has 0 aliphatic carbocycles. The quantitative estimate of drug-likeness (QED) is 0.753. The molecule has 0 aliphatic rings. The van der Waals surface area contributed by atoms with Crippen molar-refractivity contribution in [1.29, 1.82) is 0 Å². The summed E-state index contributed by atoms with van der Waals surface area (Å²) in [5, 5.41) is 2.91. The summed E-state index contributed by atoms with van der Waals surface area (Å²) < 4.78 is 0. The van der Waals surface area contributed by atoms with Crippen molar-refractivity contribution >= 4 is 11.6 Å². The molecule has 0 fully saturated rings. The van der Waals surface area contributed by atoms with Crippen LogP contribution in [0.15, 0.2) is 24.3 Å². The molecule has 100 valence electrons. The summed E-state index contributed by atoms with van der Waals surface area (Å²) >= 11 is 0. The fraction of sp³-hybridized carbons (Fsp3) is 0.500. The number of hydrogen-bond donors (Lipinski definition) is 2. The van der Waals surface area contributed by atoms with Gasteiger partial charge in [0.15, 0.2) is 0 Å². The summed E-state index contributed by atoms with van der Waals surface area (Å²) in [6.07, 6.45) is 1.84. The first-order valence-electron chi connectivity index (χ1n) is 6.32. The van der Waals surface area contributed by atoms with Crippen molar-refractivity contribution < 1.29 is 4.79 Å². The van der Waals surface area contributed by atoms with Gasteiger partial charge in [0.05, 0.1) is 0 Å². The molecule has 0 radical (unpaired) electrons. The van der Waals surface area contributed by atoms with Crippen molar-refractivity contribution in [1.82, 2.24) is 5.32 Å². The first-order valence-corrected chi connectivity index (χ1v) is 6.32. The average Bonchev–Trinajstić information content (AvgIpc) is 2.34. The van der Waals surface area contributed by atoms with Gasteiger partial charge in [0.1, 0.15) is 0 Å². The number of nitrogens with two attached hydrogens (primary N) is 1. The molecule has 4 nitrogen and oxygen atoms in total. The molecule has 4 heteroatoms. The average molecular weight is 249 g/mol. The number of nitrogens with one attached hydrogen (secondary N) is 1. The molecule has 1 aromatic carbocycles. The van der Waals surface area contributed by atoms with Crippen molar-refractivity contribution in [2.45, 2.75) is 25.8 Å². The summed E-state index contributed by atoms with van der Waals surface area (Å²) in [5.74, 6) is -0.0247. The van der Waals surface area contributed by atoms with Gasteiger partial charge in [-0.3, -0.25) is 4.79 Å². The molecule has 1 aromatic rings. The third kappa shape index (κ3) is 4.75. The Morgan fingerprint density at radius 1 is 1.44 bits per heavy atom. The first kappa shape index (κ1) is 14.5. The van der Waals surface area contributed by atoms with Crippen molar-refractivity contribution in [2.24, 2.45) is 5.73 Å². The molecule has 0 saturated heterocycles. The van der Waals surface area contributed by atoms with Gasteiger partial charge in [0.25, 0.3) is 5.91 Å². The molecule has 1 amide bonds. The number of carbonyl (C=O) groups is 1. The predicted octanol–water partition coefficient (Wildman–Crippen LogP) is 1.61. The SMILES string of the molecule is CC(N)CCCNC(=O)c1cccc(N(C)C)c1. The standard InChI is InChI=1S/C14H23N3O/c1-11(15)6-5-9-16-14(18)12-7-4-8-13(10-12)17(2)3/h4,7-8,10-11H,5-6,9,15H2,1-3H3,(H,16,18). The second-order valence-electron chi connectivity index (χ2n) is 4.82. The highest BCUT2D eigenvalue weighted by atomic mass is 16.1. The van der Waals surface area contributed by atoms with E-state index in [0.29, 0.717) is 12.1 Å². The lowest BCUT2D eigenvalue weighted by atomic mass is 10.1. The third-order valence-electron chi connectivity index (χ3n) is 2.75. The van der Waals surface area contributed by atoms with Gasteiger partial charge >= 0.3 is 0 Å². The second-order valence-corrected chi connectivity index (χ2v) is 4.82. The monoisotopic (exact) mass is 249 g/mol. The Morgan fingerprint density at radius 2 is 2.17 bits per heavy atom. The fourth-order valence-electron chi connectivity index (χ4n) is 1.65. The van der Waals surface area contributed by atoms with E-state index in [1.165, 1.54) is 0 Å². The number of rotatable bonds is 6. The Hall–Kier alpha value is -1.55. The van der Waals surface area contributed by atoms with E-state index in [9.17, 15) is 4.79 Å². The van der Waals surface area contributed by atoms with Gasteiger partial charge < -0.3 is 16.0 Å². The maximum atomic E-state index is 11.9. The van der Waals surface area contributed by atoms with E-state index in [1.807, 2.05) is 50.2 Å². The Kier molecular flexibility index (Phi) is 5.65. The fourth-order valence-corrected chi connectivity index (χ4v) is 1.65. The zero-order valence-corrected chi connectivity index (χ0v) is 11.4. The van der Waals surface area contributed by atoms with Crippen molar-refractivity contribution in [2.75, 3.05) is 25.5 Å². The molecule has 1 atom stereocenters. The summed E-state index contributed by atoms with van der Waals surface area (Å²) in [5.41, 5.74) is 7.38. The van der Waals surface area contributed by atoms with E-state index in [2.05, 4.69) is 5.32 Å². The third-order valence-corrected chi connectivity index (χ3v) is 2.75. The number of amides is 1. The highest BCUT2D eigenvalue weighted by molar-refractivity contribution is 5.95.